The third-order valence-electron chi connectivity index (χ3n) is 3.42. The number of rotatable bonds is 1. The van der Waals surface area contributed by atoms with E-state index in [1.165, 1.54) is 11.1 Å². The summed E-state index contributed by atoms with van der Waals surface area (Å²) in [6.45, 7) is 0. The molecule has 1 aliphatic rings. The summed E-state index contributed by atoms with van der Waals surface area (Å²) in [5.74, 6) is 0.331. The van der Waals surface area contributed by atoms with Crippen molar-refractivity contribution >= 4 is 12.2 Å². The molecule has 0 saturated carbocycles. The number of nitrogens with one attached hydrogen (secondary N) is 1. The molecule has 3 nitrogen and oxygen atoms in total. The molecular weight excluding hydrogens is 232 g/mol. The molecule has 3 rings (SSSR count). The Bertz CT molecular complexity index is 599. The maximum absolute atomic E-state index is 9.63. The van der Waals surface area contributed by atoms with Crippen LogP contribution in [0.5, 0.6) is 5.75 Å². The van der Waals surface area contributed by atoms with Crippen LogP contribution in [0, 0.1) is 4.77 Å². The predicted molar refractivity (Wildman–Crippen MR) is 68.8 cm³/mol. The monoisotopic (exact) mass is 246 g/mol. The van der Waals surface area contributed by atoms with Gasteiger partial charge in [0.2, 0.25) is 0 Å². The van der Waals surface area contributed by atoms with Crippen LogP contribution < -0.4 is 0 Å². The fraction of sp³-hybridized carbons (Fsp3) is 0.308. The molecule has 1 aromatic carbocycles. The second-order valence-electron chi connectivity index (χ2n) is 4.46. The van der Waals surface area contributed by atoms with Crippen molar-refractivity contribution in [1.29, 1.82) is 0 Å². The van der Waals surface area contributed by atoms with Crippen molar-refractivity contribution in [2.24, 2.45) is 0 Å². The predicted octanol–water partition coefficient (Wildman–Crippen LogP) is 3.18. The van der Waals surface area contributed by atoms with Gasteiger partial charge in [0.25, 0.3) is 0 Å². The van der Waals surface area contributed by atoms with E-state index in [1.54, 1.807) is 6.07 Å². The van der Waals surface area contributed by atoms with Crippen LogP contribution in [0.1, 0.15) is 30.0 Å². The van der Waals surface area contributed by atoms with Crippen molar-refractivity contribution in [3.05, 3.63) is 46.5 Å². The second kappa shape index (κ2) is 4.04. The van der Waals surface area contributed by atoms with Gasteiger partial charge in [0.05, 0.1) is 6.04 Å². The minimum Gasteiger partial charge on any atom is -0.508 e. The molecule has 0 saturated heterocycles. The summed E-state index contributed by atoms with van der Waals surface area (Å²) >= 11 is 5.27. The summed E-state index contributed by atoms with van der Waals surface area (Å²) in [6, 6.07) is 5.91. The fourth-order valence-electron chi connectivity index (χ4n) is 2.63. The Morgan fingerprint density at radius 2 is 2.29 bits per heavy atom. The quantitative estimate of drug-likeness (QED) is 0.759. The largest absolute Gasteiger partial charge is 0.508 e. The summed E-state index contributed by atoms with van der Waals surface area (Å²) in [5, 5.41) is 9.63. The number of aryl methyl sites for hydroxylation is 1. The minimum absolute atomic E-state index is 0.254. The van der Waals surface area contributed by atoms with Crippen molar-refractivity contribution in [3.63, 3.8) is 0 Å². The van der Waals surface area contributed by atoms with Gasteiger partial charge in [-0.1, -0.05) is 6.07 Å². The second-order valence-corrected chi connectivity index (χ2v) is 4.85. The minimum atomic E-state index is 0.254. The molecule has 1 unspecified atom stereocenters. The summed E-state index contributed by atoms with van der Waals surface area (Å²) in [7, 11) is 0. The van der Waals surface area contributed by atoms with E-state index in [9.17, 15) is 5.11 Å². The molecule has 0 fully saturated rings. The van der Waals surface area contributed by atoms with Gasteiger partial charge in [-0.3, -0.25) is 0 Å². The number of benzene rings is 1. The highest BCUT2D eigenvalue weighted by Crippen LogP contribution is 2.34. The van der Waals surface area contributed by atoms with Crippen molar-refractivity contribution in [2.75, 3.05) is 0 Å². The summed E-state index contributed by atoms with van der Waals surface area (Å²) < 4.78 is 2.82. The number of aromatic hydroxyl groups is 1. The van der Waals surface area contributed by atoms with E-state index in [-0.39, 0.29) is 6.04 Å². The van der Waals surface area contributed by atoms with Gasteiger partial charge in [-0.25, -0.2) is 0 Å². The molecule has 0 bridgehead atoms. The van der Waals surface area contributed by atoms with Crippen LogP contribution in [-0.4, -0.2) is 14.7 Å². The van der Waals surface area contributed by atoms with E-state index in [2.05, 4.69) is 9.55 Å². The zero-order chi connectivity index (χ0) is 11.8. The number of nitrogens with zero attached hydrogens (tertiary/aromatic N) is 1. The van der Waals surface area contributed by atoms with Crippen LogP contribution in [0.3, 0.4) is 0 Å². The molecule has 2 N–H and O–H groups in total. The van der Waals surface area contributed by atoms with Crippen molar-refractivity contribution in [2.45, 2.75) is 25.3 Å². The maximum Gasteiger partial charge on any atom is 0.177 e. The van der Waals surface area contributed by atoms with Gasteiger partial charge in [-0.15, -0.1) is 0 Å². The molecule has 2 aromatic rings. The van der Waals surface area contributed by atoms with E-state index in [4.69, 9.17) is 12.2 Å². The molecule has 88 valence electrons. The van der Waals surface area contributed by atoms with Gasteiger partial charge < -0.3 is 14.7 Å². The molecule has 1 aromatic heterocycles. The molecule has 1 heterocycles. The van der Waals surface area contributed by atoms with E-state index in [0.29, 0.717) is 5.75 Å². The van der Waals surface area contributed by atoms with Gasteiger partial charge >= 0.3 is 0 Å². The number of hydrogen-bond donors (Lipinski definition) is 2. The Morgan fingerprint density at radius 1 is 1.41 bits per heavy atom. The van der Waals surface area contributed by atoms with E-state index >= 15 is 0 Å². The Morgan fingerprint density at radius 3 is 3.06 bits per heavy atom. The maximum atomic E-state index is 9.63. The number of aromatic nitrogens is 2. The third-order valence-corrected chi connectivity index (χ3v) is 3.75. The summed E-state index contributed by atoms with van der Waals surface area (Å²) in [6.07, 6.45) is 7.16. The van der Waals surface area contributed by atoms with Crippen LogP contribution in [0.15, 0.2) is 30.6 Å². The van der Waals surface area contributed by atoms with Crippen LogP contribution in [0.25, 0.3) is 0 Å². The normalized spacial score (nSPS) is 18.9. The molecular formula is C13H14N2OS. The molecule has 17 heavy (non-hydrogen) atoms. The topological polar surface area (TPSA) is 41.0 Å². The van der Waals surface area contributed by atoms with E-state index in [1.807, 2.05) is 24.5 Å². The average molecular weight is 246 g/mol. The van der Waals surface area contributed by atoms with Crippen LogP contribution >= 0.6 is 12.2 Å². The van der Waals surface area contributed by atoms with Gasteiger partial charge in [-0.2, -0.15) is 0 Å². The number of phenols is 1. The Hall–Kier alpha value is -1.55. The van der Waals surface area contributed by atoms with Crippen molar-refractivity contribution < 1.29 is 5.11 Å². The number of imidazole rings is 1. The fourth-order valence-corrected chi connectivity index (χ4v) is 2.88. The van der Waals surface area contributed by atoms with Crippen LogP contribution in [0.4, 0.5) is 0 Å². The number of phenolic OH excluding ortho intramolecular Hbond substituents is 1. The Balaban J connectivity index is 2.14. The lowest BCUT2D eigenvalue weighted by molar-refractivity contribution is 0.458. The molecule has 0 aliphatic heterocycles. The van der Waals surface area contributed by atoms with Crippen LogP contribution in [0.2, 0.25) is 0 Å². The first-order valence-corrected chi connectivity index (χ1v) is 6.24. The summed E-state index contributed by atoms with van der Waals surface area (Å²) in [4.78, 5) is 3.03. The highest BCUT2D eigenvalue weighted by Gasteiger charge is 2.22. The summed E-state index contributed by atoms with van der Waals surface area (Å²) in [5.41, 5.74) is 2.52. The van der Waals surface area contributed by atoms with Gasteiger partial charge in [0.15, 0.2) is 4.77 Å². The zero-order valence-electron chi connectivity index (χ0n) is 9.39. The molecule has 0 spiro atoms. The van der Waals surface area contributed by atoms with Gasteiger partial charge in [0.1, 0.15) is 5.75 Å². The standard InChI is InChI=1S/C13H14N2OS/c16-10-5-4-9-2-1-3-12(11(9)8-10)15-7-6-14-13(15)17/h4-8,12,16H,1-3H2,(H,14,17). The average Bonchev–Trinajstić information content (AvgIpc) is 2.74. The molecule has 4 heteroatoms. The Kier molecular flexibility index (Phi) is 2.52. The first-order chi connectivity index (χ1) is 8.25. The molecule has 0 radical (unpaired) electrons. The lowest BCUT2D eigenvalue weighted by Gasteiger charge is -2.26. The Labute approximate surface area is 105 Å². The zero-order valence-corrected chi connectivity index (χ0v) is 10.2. The molecule has 0 amide bonds. The van der Waals surface area contributed by atoms with Gasteiger partial charge in [-0.05, 0) is 54.7 Å². The number of hydrogen-bond acceptors (Lipinski definition) is 2. The highest BCUT2D eigenvalue weighted by atomic mass is 32.1. The number of fused-ring (bicyclic) bond motifs is 1. The molecule has 1 aliphatic carbocycles. The highest BCUT2D eigenvalue weighted by molar-refractivity contribution is 7.71. The molecule has 1 atom stereocenters. The number of aromatic amines is 1. The first-order valence-electron chi connectivity index (χ1n) is 5.83. The third kappa shape index (κ3) is 1.78. The lowest BCUT2D eigenvalue weighted by Crippen LogP contribution is -2.16. The first kappa shape index (κ1) is 10.6. The SMILES string of the molecule is Oc1ccc2c(c1)C(n1cc[nH]c1=S)CCC2. The van der Waals surface area contributed by atoms with E-state index in [0.717, 1.165) is 24.0 Å². The lowest BCUT2D eigenvalue weighted by atomic mass is 9.87. The smallest absolute Gasteiger partial charge is 0.177 e. The number of H-pyrrole nitrogens is 1. The van der Waals surface area contributed by atoms with E-state index < -0.39 is 0 Å². The van der Waals surface area contributed by atoms with Gasteiger partial charge in [0, 0.05) is 12.4 Å². The van der Waals surface area contributed by atoms with Crippen LogP contribution in [-0.2, 0) is 6.42 Å². The van der Waals surface area contributed by atoms with Crippen molar-refractivity contribution in [1.82, 2.24) is 9.55 Å². The van der Waals surface area contributed by atoms with Crippen molar-refractivity contribution in [3.8, 4) is 5.75 Å².